The Morgan fingerprint density at radius 3 is 1.95 bits per heavy atom. The van der Waals surface area contributed by atoms with Crippen LogP contribution in [0.4, 0.5) is 5.69 Å². The predicted octanol–water partition coefficient (Wildman–Crippen LogP) is 4.39. The minimum absolute atomic E-state index is 0.438. The lowest BCUT2D eigenvalue weighted by molar-refractivity contribution is 0.0855. The van der Waals surface area contributed by atoms with Gasteiger partial charge in [0.25, 0.3) is 5.91 Å². The summed E-state index contributed by atoms with van der Waals surface area (Å²) in [5.74, 6) is -0.455. The number of amides is 1. The van der Waals surface area contributed by atoms with Crippen LogP contribution >= 0.6 is 0 Å². The minimum Gasteiger partial charge on any atom is -0.281 e. The Hall–Kier alpha value is -2.91. The van der Waals surface area contributed by atoms with Gasteiger partial charge in [-0.3, -0.25) is 10.0 Å². The number of para-hydroxylation sites is 1. The van der Waals surface area contributed by atoms with Crippen LogP contribution in [0.15, 0.2) is 84.9 Å². The highest BCUT2D eigenvalue weighted by atomic mass is 16.5. The molecule has 0 aliphatic carbocycles. The molecule has 3 nitrogen and oxygen atoms in total. The zero-order chi connectivity index (χ0) is 15.4. The number of carbonyl (C=O) groups is 1. The topological polar surface area (TPSA) is 40.5 Å². The van der Waals surface area contributed by atoms with E-state index in [9.17, 15) is 10.0 Å². The number of benzene rings is 3. The van der Waals surface area contributed by atoms with Crippen LogP contribution in [0.5, 0.6) is 0 Å². The van der Waals surface area contributed by atoms with E-state index in [1.165, 1.54) is 0 Å². The van der Waals surface area contributed by atoms with Crippen molar-refractivity contribution < 1.29 is 10.0 Å². The van der Waals surface area contributed by atoms with Gasteiger partial charge in [0.1, 0.15) is 0 Å². The molecular weight excluding hydrogens is 274 g/mol. The Balaban J connectivity index is 2.00. The van der Waals surface area contributed by atoms with Gasteiger partial charge in [-0.15, -0.1) is 0 Å². The van der Waals surface area contributed by atoms with Crippen LogP contribution in [-0.4, -0.2) is 11.1 Å². The molecule has 0 aliphatic rings. The van der Waals surface area contributed by atoms with Crippen molar-refractivity contribution in [2.45, 2.75) is 0 Å². The van der Waals surface area contributed by atoms with Crippen LogP contribution in [0.3, 0.4) is 0 Å². The van der Waals surface area contributed by atoms with Crippen LogP contribution in [0.25, 0.3) is 11.1 Å². The molecular formula is C19H15NO2. The molecule has 0 aromatic heterocycles. The largest absolute Gasteiger partial charge is 0.282 e. The summed E-state index contributed by atoms with van der Waals surface area (Å²) in [5.41, 5.74) is 2.64. The van der Waals surface area contributed by atoms with Crippen LogP contribution < -0.4 is 5.06 Å². The van der Waals surface area contributed by atoms with Crippen molar-refractivity contribution in [1.29, 1.82) is 0 Å². The van der Waals surface area contributed by atoms with Gasteiger partial charge in [0.15, 0.2) is 0 Å². The normalized spacial score (nSPS) is 10.2. The molecule has 0 radical (unpaired) electrons. The van der Waals surface area contributed by atoms with Crippen LogP contribution in [-0.2, 0) is 0 Å². The molecule has 108 valence electrons. The lowest BCUT2D eigenvalue weighted by Crippen LogP contribution is -2.27. The molecule has 1 amide bonds. The Morgan fingerprint density at radius 1 is 0.727 bits per heavy atom. The highest BCUT2D eigenvalue weighted by Gasteiger charge is 2.18. The van der Waals surface area contributed by atoms with Crippen molar-refractivity contribution in [2.24, 2.45) is 0 Å². The highest BCUT2D eigenvalue weighted by Crippen LogP contribution is 2.30. The number of rotatable bonds is 3. The second-order valence-electron chi connectivity index (χ2n) is 4.87. The predicted molar refractivity (Wildman–Crippen MR) is 86.9 cm³/mol. The third kappa shape index (κ3) is 2.75. The molecule has 0 bridgehead atoms. The van der Waals surface area contributed by atoms with E-state index in [4.69, 9.17) is 0 Å². The molecule has 0 saturated carbocycles. The summed E-state index contributed by atoms with van der Waals surface area (Å²) >= 11 is 0. The molecule has 0 saturated heterocycles. The van der Waals surface area contributed by atoms with Crippen LogP contribution in [0, 0.1) is 0 Å². The summed E-state index contributed by atoms with van der Waals surface area (Å²) in [5, 5.41) is 11.1. The average molecular weight is 289 g/mol. The molecule has 0 spiro atoms. The smallest absolute Gasteiger partial charge is 0.281 e. The number of anilines is 1. The highest BCUT2D eigenvalue weighted by molar-refractivity contribution is 6.06. The average Bonchev–Trinajstić information content (AvgIpc) is 2.62. The fourth-order valence-electron chi connectivity index (χ4n) is 2.33. The second-order valence-corrected chi connectivity index (χ2v) is 4.87. The van der Waals surface area contributed by atoms with Gasteiger partial charge in [-0.25, -0.2) is 0 Å². The van der Waals surface area contributed by atoms with Gasteiger partial charge >= 0.3 is 0 Å². The van der Waals surface area contributed by atoms with Crippen molar-refractivity contribution >= 4 is 11.6 Å². The molecule has 3 aromatic rings. The van der Waals surface area contributed by atoms with Crippen molar-refractivity contribution in [3.8, 4) is 11.1 Å². The molecule has 3 heteroatoms. The second kappa shape index (κ2) is 6.24. The number of hydrogen-bond acceptors (Lipinski definition) is 2. The fourth-order valence-corrected chi connectivity index (χ4v) is 2.33. The monoisotopic (exact) mass is 289 g/mol. The van der Waals surface area contributed by atoms with Crippen molar-refractivity contribution in [3.63, 3.8) is 0 Å². The zero-order valence-electron chi connectivity index (χ0n) is 11.9. The van der Waals surface area contributed by atoms with E-state index in [0.717, 1.165) is 11.1 Å². The summed E-state index contributed by atoms with van der Waals surface area (Å²) in [6.07, 6.45) is 0. The van der Waals surface area contributed by atoms with Crippen LogP contribution in [0.2, 0.25) is 0 Å². The van der Waals surface area contributed by atoms with Crippen molar-refractivity contribution in [1.82, 2.24) is 0 Å². The van der Waals surface area contributed by atoms with E-state index in [-0.39, 0.29) is 0 Å². The summed E-state index contributed by atoms with van der Waals surface area (Å²) in [7, 11) is 0. The summed E-state index contributed by atoms with van der Waals surface area (Å²) < 4.78 is 0. The minimum atomic E-state index is -0.455. The fraction of sp³-hybridized carbons (Fsp3) is 0. The van der Waals surface area contributed by atoms with E-state index < -0.39 is 5.91 Å². The number of carbonyl (C=O) groups excluding carboxylic acids is 1. The Morgan fingerprint density at radius 2 is 1.27 bits per heavy atom. The third-order valence-corrected chi connectivity index (χ3v) is 3.43. The molecule has 3 aromatic carbocycles. The number of hydrogen-bond donors (Lipinski definition) is 1. The first-order valence-corrected chi connectivity index (χ1v) is 7.00. The molecule has 0 atom stereocenters. The van der Waals surface area contributed by atoms with Crippen molar-refractivity contribution in [3.05, 3.63) is 90.5 Å². The molecule has 1 N–H and O–H groups in total. The summed E-state index contributed by atoms with van der Waals surface area (Å²) in [6, 6.07) is 25.7. The summed E-state index contributed by atoms with van der Waals surface area (Å²) in [6.45, 7) is 0. The van der Waals surface area contributed by atoms with Gasteiger partial charge in [0.2, 0.25) is 0 Å². The maximum absolute atomic E-state index is 12.4. The molecule has 0 unspecified atom stereocenters. The molecule has 22 heavy (non-hydrogen) atoms. The first-order chi connectivity index (χ1) is 10.8. The van der Waals surface area contributed by atoms with Gasteiger partial charge in [0, 0.05) is 11.1 Å². The van der Waals surface area contributed by atoms with E-state index in [1.54, 1.807) is 36.4 Å². The van der Waals surface area contributed by atoms with Gasteiger partial charge in [-0.05, 0) is 23.8 Å². The van der Waals surface area contributed by atoms with E-state index in [0.29, 0.717) is 16.3 Å². The molecule has 0 aliphatic heterocycles. The van der Waals surface area contributed by atoms with Gasteiger partial charge in [0.05, 0.1) is 5.69 Å². The lowest BCUT2D eigenvalue weighted by atomic mass is 10.0. The Bertz CT molecular complexity index is 770. The van der Waals surface area contributed by atoms with E-state index >= 15 is 0 Å². The molecule has 0 heterocycles. The van der Waals surface area contributed by atoms with E-state index in [2.05, 4.69) is 0 Å². The van der Waals surface area contributed by atoms with Gasteiger partial charge < -0.3 is 0 Å². The SMILES string of the molecule is O=C(c1ccccc1)N(O)c1ccccc1-c1ccccc1. The first-order valence-electron chi connectivity index (χ1n) is 7.00. The Kier molecular flexibility index (Phi) is 3.99. The number of nitrogens with zero attached hydrogens (tertiary/aromatic N) is 1. The molecule has 0 fully saturated rings. The maximum Gasteiger partial charge on any atom is 0.282 e. The number of hydroxylamine groups is 1. The van der Waals surface area contributed by atoms with Gasteiger partial charge in [-0.1, -0.05) is 66.7 Å². The van der Waals surface area contributed by atoms with Crippen molar-refractivity contribution in [2.75, 3.05) is 5.06 Å². The first kappa shape index (κ1) is 14.0. The lowest BCUT2D eigenvalue weighted by Gasteiger charge is -2.18. The molecule has 3 rings (SSSR count). The zero-order valence-corrected chi connectivity index (χ0v) is 11.9. The quantitative estimate of drug-likeness (QED) is 0.574. The summed E-state index contributed by atoms with van der Waals surface area (Å²) in [4.78, 5) is 12.4. The maximum atomic E-state index is 12.4. The van der Waals surface area contributed by atoms with Crippen LogP contribution in [0.1, 0.15) is 10.4 Å². The standard InChI is InChI=1S/C19H15NO2/c21-19(16-11-5-2-6-12-16)20(22)18-14-8-7-13-17(18)15-9-3-1-4-10-15/h1-14,22H. The Labute approximate surface area is 129 Å². The van der Waals surface area contributed by atoms with E-state index in [1.807, 2.05) is 48.5 Å². The van der Waals surface area contributed by atoms with Gasteiger partial charge in [-0.2, -0.15) is 5.06 Å². The third-order valence-electron chi connectivity index (χ3n) is 3.43.